The number of hydrogen-bond donors (Lipinski definition) is 2. The first-order valence-corrected chi connectivity index (χ1v) is 5.87. The first-order valence-electron chi connectivity index (χ1n) is 5.87. The molecule has 2 N–H and O–H groups in total. The lowest BCUT2D eigenvalue weighted by Gasteiger charge is -2.17. The predicted molar refractivity (Wildman–Crippen MR) is 65.9 cm³/mol. The van der Waals surface area contributed by atoms with Crippen molar-refractivity contribution in [3.63, 3.8) is 0 Å². The summed E-state index contributed by atoms with van der Waals surface area (Å²) in [5.41, 5.74) is 0.301. The Bertz CT molecular complexity index is 456. The summed E-state index contributed by atoms with van der Waals surface area (Å²) in [6, 6.07) is 2.90. The molecule has 2 rings (SSSR count). The van der Waals surface area contributed by atoms with Gasteiger partial charge in [0.15, 0.2) is 0 Å². The highest BCUT2D eigenvalue weighted by Crippen LogP contribution is 2.16. The van der Waals surface area contributed by atoms with Gasteiger partial charge in [0.1, 0.15) is 0 Å². The Hall–Kier alpha value is -1.84. The number of aromatic nitrogens is 1. The topological polar surface area (TPSA) is 62.0 Å². The van der Waals surface area contributed by atoms with Gasteiger partial charge in [-0.1, -0.05) is 12.2 Å². The number of aromatic amines is 1. The van der Waals surface area contributed by atoms with Crippen LogP contribution in [0.2, 0.25) is 0 Å². The zero-order valence-corrected chi connectivity index (χ0v) is 9.61. The third-order valence-corrected chi connectivity index (χ3v) is 2.98. The summed E-state index contributed by atoms with van der Waals surface area (Å²) >= 11 is 0. The molecule has 0 radical (unpaired) electrons. The molecule has 1 heterocycles. The van der Waals surface area contributed by atoms with Crippen LogP contribution >= 0.6 is 0 Å². The quantitative estimate of drug-likeness (QED) is 0.775. The number of nitrogens with one attached hydrogen (secondary N) is 2. The van der Waals surface area contributed by atoms with Gasteiger partial charge in [0.05, 0.1) is 5.56 Å². The molecule has 17 heavy (non-hydrogen) atoms. The lowest BCUT2D eigenvalue weighted by Crippen LogP contribution is -2.30. The van der Waals surface area contributed by atoms with Gasteiger partial charge in [-0.2, -0.15) is 0 Å². The van der Waals surface area contributed by atoms with Crippen molar-refractivity contribution in [3.05, 3.63) is 46.4 Å². The summed E-state index contributed by atoms with van der Waals surface area (Å²) in [5.74, 6) is 0.405. The Morgan fingerprint density at radius 2 is 2.29 bits per heavy atom. The molecule has 1 aliphatic rings. The molecule has 4 heteroatoms. The fraction of sp³-hybridized carbons (Fsp3) is 0.385. The van der Waals surface area contributed by atoms with E-state index in [-0.39, 0.29) is 11.5 Å². The van der Waals surface area contributed by atoms with Crippen molar-refractivity contribution >= 4 is 5.91 Å². The summed E-state index contributed by atoms with van der Waals surface area (Å²) in [6.07, 6.45) is 9.05. The van der Waals surface area contributed by atoms with Crippen molar-refractivity contribution < 1.29 is 4.79 Å². The average Bonchev–Trinajstić information content (AvgIpc) is 2.38. The minimum atomic E-state index is -0.195. The summed E-state index contributed by atoms with van der Waals surface area (Å²) in [5, 5.41) is 2.89. The fourth-order valence-corrected chi connectivity index (χ4v) is 1.93. The Balaban J connectivity index is 1.86. The van der Waals surface area contributed by atoms with E-state index < -0.39 is 0 Å². The molecule has 1 aromatic heterocycles. The predicted octanol–water partition coefficient (Wildman–Crippen LogP) is 1.46. The van der Waals surface area contributed by atoms with Crippen molar-refractivity contribution in [2.45, 2.75) is 19.3 Å². The maximum absolute atomic E-state index is 11.7. The number of carbonyl (C=O) groups excluding carboxylic acids is 1. The third kappa shape index (κ3) is 3.31. The number of allylic oxidation sites excluding steroid dienone is 2. The smallest absolute Gasteiger partial charge is 0.252 e. The van der Waals surface area contributed by atoms with Gasteiger partial charge >= 0.3 is 0 Å². The van der Waals surface area contributed by atoms with Gasteiger partial charge in [-0.3, -0.25) is 9.59 Å². The number of pyridine rings is 1. The molecule has 0 spiro atoms. The van der Waals surface area contributed by atoms with Crippen LogP contribution in [-0.2, 0) is 0 Å². The maximum atomic E-state index is 11.7. The molecule has 4 nitrogen and oxygen atoms in total. The normalized spacial score (nSPS) is 18.9. The summed E-state index contributed by atoms with van der Waals surface area (Å²) in [6.45, 7) is 0.697. The van der Waals surface area contributed by atoms with E-state index >= 15 is 0 Å². The van der Waals surface area contributed by atoms with E-state index in [4.69, 9.17) is 0 Å². The van der Waals surface area contributed by atoms with E-state index in [0.717, 1.165) is 19.3 Å². The van der Waals surface area contributed by atoms with Crippen LogP contribution < -0.4 is 10.9 Å². The molecule has 0 fully saturated rings. The highest BCUT2D eigenvalue weighted by molar-refractivity contribution is 5.93. The molecule has 0 aliphatic heterocycles. The molecule has 1 unspecified atom stereocenters. The van der Waals surface area contributed by atoms with Crippen molar-refractivity contribution in [2.75, 3.05) is 6.54 Å². The van der Waals surface area contributed by atoms with Gasteiger partial charge in [-0.25, -0.2) is 0 Å². The number of H-pyrrole nitrogens is 1. The highest BCUT2D eigenvalue weighted by atomic mass is 16.1. The van der Waals surface area contributed by atoms with Crippen LogP contribution in [0.4, 0.5) is 0 Å². The minimum absolute atomic E-state index is 0.129. The average molecular weight is 232 g/mol. The van der Waals surface area contributed by atoms with Crippen LogP contribution in [-0.4, -0.2) is 17.4 Å². The Kier molecular flexibility index (Phi) is 3.75. The fourth-order valence-electron chi connectivity index (χ4n) is 1.93. The van der Waals surface area contributed by atoms with E-state index in [1.165, 1.54) is 18.3 Å². The molecule has 1 aromatic rings. The molecule has 0 saturated carbocycles. The Labute approximate surface area is 99.7 Å². The van der Waals surface area contributed by atoms with Crippen molar-refractivity contribution in [2.24, 2.45) is 5.92 Å². The second-order valence-electron chi connectivity index (χ2n) is 4.30. The zero-order chi connectivity index (χ0) is 12.1. The summed E-state index contributed by atoms with van der Waals surface area (Å²) < 4.78 is 0. The lowest BCUT2D eigenvalue weighted by molar-refractivity contribution is 0.0946. The van der Waals surface area contributed by atoms with Gasteiger partial charge < -0.3 is 10.3 Å². The minimum Gasteiger partial charge on any atom is -0.352 e. The molecule has 0 bridgehead atoms. The molecular formula is C13H16N2O2. The Morgan fingerprint density at radius 3 is 2.94 bits per heavy atom. The van der Waals surface area contributed by atoms with E-state index in [9.17, 15) is 9.59 Å². The number of carbonyl (C=O) groups is 1. The van der Waals surface area contributed by atoms with Crippen LogP contribution in [0.25, 0.3) is 0 Å². The first kappa shape index (κ1) is 11.6. The third-order valence-electron chi connectivity index (χ3n) is 2.98. The monoisotopic (exact) mass is 232 g/mol. The first-order chi connectivity index (χ1) is 8.25. The zero-order valence-electron chi connectivity index (χ0n) is 9.61. The molecule has 1 aliphatic carbocycles. The second kappa shape index (κ2) is 5.48. The van der Waals surface area contributed by atoms with Gasteiger partial charge in [0, 0.05) is 18.8 Å². The molecular weight excluding hydrogens is 216 g/mol. The van der Waals surface area contributed by atoms with Crippen molar-refractivity contribution in [3.8, 4) is 0 Å². The van der Waals surface area contributed by atoms with Crippen LogP contribution in [0.15, 0.2) is 35.3 Å². The number of rotatable bonds is 3. The summed E-state index contributed by atoms with van der Waals surface area (Å²) in [7, 11) is 0. The van der Waals surface area contributed by atoms with Crippen molar-refractivity contribution in [1.82, 2.24) is 10.3 Å². The molecule has 1 amide bonds. The maximum Gasteiger partial charge on any atom is 0.252 e. The number of hydrogen-bond acceptors (Lipinski definition) is 2. The lowest BCUT2D eigenvalue weighted by atomic mass is 9.94. The van der Waals surface area contributed by atoms with Gasteiger partial charge in [0.2, 0.25) is 5.56 Å². The second-order valence-corrected chi connectivity index (χ2v) is 4.30. The summed E-state index contributed by atoms with van der Waals surface area (Å²) in [4.78, 5) is 25.1. The van der Waals surface area contributed by atoms with Gasteiger partial charge in [-0.15, -0.1) is 0 Å². The molecule has 0 saturated heterocycles. The highest BCUT2D eigenvalue weighted by Gasteiger charge is 2.12. The molecule has 90 valence electrons. The standard InChI is InChI=1S/C13H16N2O2/c16-12-7-6-11(9-14-12)13(17)15-8-10-4-2-1-3-5-10/h1-2,6-7,9-10H,3-5,8H2,(H,14,16)(H,15,17). The molecule has 0 aromatic carbocycles. The van der Waals surface area contributed by atoms with E-state index in [1.807, 2.05) is 0 Å². The van der Waals surface area contributed by atoms with Gasteiger partial charge in [-0.05, 0) is 31.2 Å². The van der Waals surface area contributed by atoms with Crippen LogP contribution in [0, 0.1) is 5.92 Å². The number of amides is 1. The molecule has 1 atom stereocenters. The van der Waals surface area contributed by atoms with Crippen LogP contribution in [0.5, 0.6) is 0 Å². The SMILES string of the molecule is O=C(NCC1CC=CCC1)c1ccc(=O)[nH]c1. The van der Waals surface area contributed by atoms with Gasteiger partial charge in [0.25, 0.3) is 5.91 Å². The van der Waals surface area contributed by atoms with E-state index in [2.05, 4.69) is 22.5 Å². The van der Waals surface area contributed by atoms with E-state index in [0.29, 0.717) is 18.0 Å². The van der Waals surface area contributed by atoms with Crippen LogP contribution in [0.1, 0.15) is 29.6 Å². The Morgan fingerprint density at radius 1 is 1.41 bits per heavy atom. The van der Waals surface area contributed by atoms with Crippen molar-refractivity contribution in [1.29, 1.82) is 0 Å². The largest absolute Gasteiger partial charge is 0.352 e. The van der Waals surface area contributed by atoms with E-state index in [1.54, 1.807) is 0 Å². The van der Waals surface area contributed by atoms with Crippen LogP contribution in [0.3, 0.4) is 0 Å².